The van der Waals surface area contributed by atoms with E-state index in [2.05, 4.69) is 22.2 Å². The summed E-state index contributed by atoms with van der Waals surface area (Å²) in [4.78, 5) is 18.8. The summed E-state index contributed by atoms with van der Waals surface area (Å²) in [7, 11) is 2.14. The third-order valence-corrected chi connectivity index (χ3v) is 5.17. The summed E-state index contributed by atoms with van der Waals surface area (Å²) in [5.74, 6) is 1.31. The Morgan fingerprint density at radius 2 is 1.96 bits per heavy atom. The van der Waals surface area contributed by atoms with Crippen LogP contribution in [0.15, 0.2) is 18.3 Å². The van der Waals surface area contributed by atoms with Crippen molar-refractivity contribution in [3.8, 4) is 5.88 Å². The number of piperidine rings is 1. The van der Waals surface area contributed by atoms with Crippen LogP contribution in [0.3, 0.4) is 0 Å². The van der Waals surface area contributed by atoms with E-state index in [1.165, 1.54) is 32.1 Å². The third kappa shape index (κ3) is 5.20. The first kappa shape index (κ1) is 17.2. The maximum atomic E-state index is 12.1. The number of aromatic nitrogens is 1. The number of hydrogen-bond donors (Lipinski definition) is 1. The van der Waals surface area contributed by atoms with Gasteiger partial charge >= 0.3 is 0 Å². The number of anilines is 1. The molecule has 5 nitrogen and oxygen atoms in total. The molecule has 0 spiro atoms. The number of hydrogen-bond acceptors (Lipinski definition) is 4. The predicted molar refractivity (Wildman–Crippen MR) is 95.2 cm³/mol. The minimum atomic E-state index is 0.104. The fraction of sp³-hybridized carbons (Fsp3) is 0.684. The number of nitrogens with one attached hydrogen (secondary N) is 1. The molecule has 0 bridgehead atoms. The molecule has 1 saturated heterocycles. The molecule has 1 N–H and O–H groups in total. The van der Waals surface area contributed by atoms with Crippen LogP contribution in [-0.2, 0) is 4.79 Å². The second kappa shape index (κ2) is 8.47. The van der Waals surface area contributed by atoms with Crippen LogP contribution in [-0.4, -0.2) is 42.0 Å². The van der Waals surface area contributed by atoms with Crippen molar-refractivity contribution in [3.05, 3.63) is 18.3 Å². The molecule has 1 aliphatic heterocycles. The van der Waals surface area contributed by atoms with E-state index in [0.29, 0.717) is 18.2 Å². The molecule has 2 aliphatic rings. The van der Waals surface area contributed by atoms with Crippen molar-refractivity contribution in [1.82, 2.24) is 9.88 Å². The van der Waals surface area contributed by atoms with Crippen molar-refractivity contribution in [1.29, 1.82) is 0 Å². The molecule has 2 fully saturated rings. The molecule has 3 rings (SSSR count). The summed E-state index contributed by atoms with van der Waals surface area (Å²) < 4.78 is 5.93. The van der Waals surface area contributed by atoms with Gasteiger partial charge in [-0.3, -0.25) is 4.79 Å². The average Bonchev–Trinajstić information content (AvgIpc) is 2.59. The van der Waals surface area contributed by atoms with Crippen LogP contribution in [0.25, 0.3) is 0 Å². The van der Waals surface area contributed by atoms with Crippen molar-refractivity contribution in [2.45, 2.75) is 57.5 Å². The highest BCUT2D eigenvalue weighted by atomic mass is 16.5. The highest BCUT2D eigenvalue weighted by Crippen LogP contribution is 2.26. The maximum Gasteiger partial charge on any atom is 0.224 e. The van der Waals surface area contributed by atoms with Gasteiger partial charge in [-0.25, -0.2) is 4.98 Å². The standard InChI is InChI=1S/C19H29N3O2/c1-22-11-9-17(10-12-22)24-19-8-7-16(14-20-19)21-18(23)13-15-5-3-2-4-6-15/h7-8,14-15,17H,2-6,9-13H2,1H3,(H,21,23). The Morgan fingerprint density at radius 1 is 1.21 bits per heavy atom. The predicted octanol–water partition coefficient (Wildman–Crippen LogP) is 3.46. The highest BCUT2D eigenvalue weighted by Gasteiger charge is 2.19. The van der Waals surface area contributed by atoms with Crippen LogP contribution >= 0.6 is 0 Å². The summed E-state index contributed by atoms with van der Waals surface area (Å²) in [6.45, 7) is 2.14. The Kier molecular flexibility index (Phi) is 6.07. The third-order valence-electron chi connectivity index (χ3n) is 5.17. The summed E-state index contributed by atoms with van der Waals surface area (Å²) in [6, 6.07) is 3.74. The number of pyridine rings is 1. The minimum Gasteiger partial charge on any atom is -0.474 e. The first-order valence-electron chi connectivity index (χ1n) is 9.30. The molecule has 0 radical (unpaired) electrons. The number of carbonyl (C=O) groups excluding carboxylic acids is 1. The summed E-state index contributed by atoms with van der Waals surface area (Å²) in [6.07, 6.45) is 10.9. The van der Waals surface area contributed by atoms with Gasteiger partial charge < -0.3 is 15.0 Å². The van der Waals surface area contributed by atoms with Gasteiger partial charge in [-0.05, 0) is 44.7 Å². The molecule has 24 heavy (non-hydrogen) atoms. The summed E-state index contributed by atoms with van der Waals surface area (Å²) >= 11 is 0. The van der Waals surface area contributed by atoms with E-state index in [1.54, 1.807) is 6.20 Å². The van der Waals surface area contributed by atoms with E-state index in [0.717, 1.165) is 31.6 Å². The van der Waals surface area contributed by atoms with E-state index in [-0.39, 0.29) is 12.0 Å². The molecule has 1 amide bonds. The van der Waals surface area contributed by atoms with Gasteiger partial charge in [0.05, 0.1) is 11.9 Å². The Bertz CT molecular complexity index is 518. The van der Waals surface area contributed by atoms with E-state index < -0.39 is 0 Å². The molecule has 1 saturated carbocycles. The molecule has 1 aromatic heterocycles. The Hall–Kier alpha value is -1.62. The van der Waals surface area contributed by atoms with E-state index >= 15 is 0 Å². The van der Waals surface area contributed by atoms with E-state index in [9.17, 15) is 4.79 Å². The second-order valence-corrected chi connectivity index (χ2v) is 7.26. The molecule has 2 heterocycles. The van der Waals surface area contributed by atoms with Gasteiger partial charge in [0.2, 0.25) is 11.8 Å². The van der Waals surface area contributed by atoms with Gasteiger partial charge in [-0.1, -0.05) is 19.3 Å². The highest BCUT2D eigenvalue weighted by molar-refractivity contribution is 5.90. The normalized spacial score (nSPS) is 20.7. The van der Waals surface area contributed by atoms with Gasteiger partial charge in [-0.15, -0.1) is 0 Å². The maximum absolute atomic E-state index is 12.1. The zero-order chi connectivity index (χ0) is 16.8. The van der Waals surface area contributed by atoms with Crippen molar-refractivity contribution < 1.29 is 9.53 Å². The van der Waals surface area contributed by atoms with Crippen molar-refractivity contribution >= 4 is 11.6 Å². The van der Waals surface area contributed by atoms with Crippen molar-refractivity contribution in [2.75, 3.05) is 25.5 Å². The van der Waals surface area contributed by atoms with Gasteiger partial charge in [0.1, 0.15) is 6.10 Å². The molecule has 0 unspecified atom stereocenters. The lowest BCUT2D eigenvalue weighted by molar-refractivity contribution is -0.117. The minimum absolute atomic E-state index is 0.104. The lowest BCUT2D eigenvalue weighted by Gasteiger charge is -2.28. The van der Waals surface area contributed by atoms with E-state index in [4.69, 9.17) is 4.74 Å². The SMILES string of the molecule is CN1CCC(Oc2ccc(NC(=O)CC3CCCCC3)cn2)CC1. The molecular weight excluding hydrogens is 302 g/mol. The van der Waals surface area contributed by atoms with Crippen molar-refractivity contribution in [3.63, 3.8) is 0 Å². The lowest BCUT2D eigenvalue weighted by Crippen LogP contribution is -2.35. The fourth-order valence-corrected chi connectivity index (χ4v) is 3.66. The Morgan fingerprint density at radius 3 is 2.62 bits per heavy atom. The number of likely N-dealkylation sites (tertiary alicyclic amines) is 1. The Balaban J connectivity index is 1.44. The summed E-state index contributed by atoms with van der Waals surface area (Å²) in [5.41, 5.74) is 0.756. The van der Waals surface area contributed by atoms with Gasteiger partial charge in [0.15, 0.2) is 0 Å². The van der Waals surface area contributed by atoms with E-state index in [1.807, 2.05) is 12.1 Å². The molecule has 0 aromatic carbocycles. The average molecular weight is 331 g/mol. The zero-order valence-corrected chi connectivity index (χ0v) is 14.7. The largest absolute Gasteiger partial charge is 0.474 e. The molecule has 132 valence electrons. The lowest BCUT2D eigenvalue weighted by atomic mass is 9.87. The van der Waals surface area contributed by atoms with Gasteiger partial charge in [0.25, 0.3) is 0 Å². The molecular formula is C19H29N3O2. The van der Waals surface area contributed by atoms with Gasteiger partial charge in [-0.2, -0.15) is 0 Å². The van der Waals surface area contributed by atoms with Crippen LogP contribution < -0.4 is 10.1 Å². The first-order valence-corrected chi connectivity index (χ1v) is 9.30. The van der Waals surface area contributed by atoms with Crippen LogP contribution in [0.1, 0.15) is 51.4 Å². The van der Waals surface area contributed by atoms with Crippen LogP contribution in [0, 0.1) is 5.92 Å². The van der Waals surface area contributed by atoms with Crippen LogP contribution in [0.4, 0.5) is 5.69 Å². The molecule has 1 aliphatic carbocycles. The number of carbonyl (C=O) groups is 1. The fourth-order valence-electron chi connectivity index (χ4n) is 3.66. The monoisotopic (exact) mass is 331 g/mol. The molecule has 5 heteroatoms. The summed E-state index contributed by atoms with van der Waals surface area (Å²) in [5, 5.41) is 2.96. The number of rotatable bonds is 5. The smallest absolute Gasteiger partial charge is 0.224 e. The first-order chi connectivity index (χ1) is 11.7. The number of nitrogens with zero attached hydrogens (tertiary/aromatic N) is 2. The second-order valence-electron chi connectivity index (χ2n) is 7.26. The van der Waals surface area contributed by atoms with Crippen molar-refractivity contribution in [2.24, 2.45) is 5.92 Å². The topological polar surface area (TPSA) is 54.5 Å². The van der Waals surface area contributed by atoms with Crippen LogP contribution in [0.2, 0.25) is 0 Å². The Labute approximate surface area is 144 Å². The van der Waals surface area contributed by atoms with Crippen LogP contribution in [0.5, 0.6) is 5.88 Å². The number of ether oxygens (including phenoxy) is 1. The molecule has 1 aromatic rings. The zero-order valence-electron chi connectivity index (χ0n) is 14.7. The quantitative estimate of drug-likeness (QED) is 0.898. The van der Waals surface area contributed by atoms with Gasteiger partial charge in [0, 0.05) is 25.6 Å². The number of amides is 1. The molecule has 0 atom stereocenters.